The lowest BCUT2D eigenvalue weighted by Gasteiger charge is -2.38. The fraction of sp³-hybridized carbons (Fsp3) is 0.857. The Morgan fingerprint density at radius 3 is 2.75 bits per heavy atom. The zero-order chi connectivity index (χ0) is 12.2. The maximum atomic E-state index is 5.73. The molecule has 0 bridgehead atoms. The number of hydrogen-bond acceptors (Lipinski definition) is 2. The minimum absolute atomic E-state index is 0.0390. The van der Waals surface area contributed by atoms with Crippen LogP contribution >= 0.6 is 0 Å². The van der Waals surface area contributed by atoms with Crippen molar-refractivity contribution in [2.24, 2.45) is 5.92 Å². The second-order valence-electron chi connectivity index (χ2n) is 5.75. The van der Waals surface area contributed by atoms with Gasteiger partial charge in [-0.2, -0.15) is 0 Å². The zero-order valence-electron chi connectivity index (χ0n) is 11.3. The molecule has 0 aromatic heterocycles. The standard InChI is InChI=1S/C14H27NO/c1-6-7-11(2)12(3)15-13-8-9-16-14(4,5)10-13/h6,11-13,15H,1,7-10H2,2-5H3. The van der Waals surface area contributed by atoms with Crippen molar-refractivity contribution in [3.8, 4) is 0 Å². The van der Waals surface area contributed by atoms with E-state index in [0.717, 1.165) is 25.9 Å². The van der Waals surface area contributed by atoms with Crippen LogP contribution in [0.25, 0.3) is 0 Å². The van der Waals surface area contributed by atoms with Crippen LogP contribution in [0.15, 0.2) is 12.7 Å². The summed E-state index contributed by atoms with van der Waals surface area (Å²) < 4.78 is 5.73. The maximum absolute atomic E-state index is 5.73. The van der Waals surface area contributed by atoms with Gasteiger partial charge in [-0.15, -0.1) is 6.58 Å². The first-order valence-electron chi connectivity index (χ1n) is 6.45. The summed E-state index contributed by atoms with van der Waals surface area (Å²) in [6.07, 6.45) is 5.34. The van der Waals surface area contributed by atoms with Crippen LogP contribution in [-0.4, -0.2) is 24.3 Å². The molecule has 0 aliphatic carbocycles. The average molecular weight is 225 g/mol. The van der Waals surface area contributed by atoms with Crippen LogP contribution in [-0.2, 0) is 4.74 Å². The normalized spacial score (nSPS) is 28.4. The summed E-state index contributed by atoms with van der Waals surface area (Å²) in [6, 6.07) is 1.16. The molecule has 1 rings (SSSR count). The molecule has 0 aromatic rings. The molecule has 3 unspecified atom stereocenters. The topological polar surface area (TPSA) is 21.3 Å². The Kier molecular flexibility index (Phi) is 5.00. The molecule has 0 spiro atoms. The Bertz CT molecular complexity index is 225. The van der Waals surface area contributed by atoms with Crippen molar-refractivity contribution in [2.45, 2.75) is 64.6 Å². The smallest absolute Gasteiger partial charge is 0.0641 e. The molecule has 3 atom stereocenters. The van der Waals surface area contributed by atoms with E-state index in [1.165, 1.54) is 0 Å². The van der Waals surface area contributed by atoms with E-state index in [0.29, 0.717) is 18.0 Å². The van der Waals surface area contributed by atoms with Crippen LogP contribution in [0.5, 0.6) is 0 Å². The van der Waals surface area contributed by atoms with Crippen LogP contribution in [0.3, 0.4) is 0 Å². The summed E-state index contributed by atoms with van der Waals surface area (Å²) >= 11 is 0. The highest BCUT2D eigenvalue weighted by molar-refractivity contribution is 4.86. The lowest BCUT2D eigenvalue weighted by Crippen LogP contribution is -2.48. The molecule has 1 fully saturated rings. The highest BCUT2D eigenvalue weighted by Crippen LogP contribution is 2.24. The van der Waals surface area contributed by atoms with Crippen molar-refractivity contribution in [2.75, 3.05) is 6.61 Å². The van der Waals surface area contributed by atoms with Gasteiger partial charge in [0.1, 0.15) is 0 Å². The summed E-state index contributed by atoms with van der Waals surface area (Å²) in [7, 11) is 0. The molecule has 94 valence electrons. The Morgan fingerprint density at radius 1 is 1.50 bits per heavy atom. The van der Waals surface area contributed by atoms with Crippen molar-refractivity contribution in [3.63, 3.8) is 0 Å². The maximum Gasteiger partial charge on any atom is 0.0641 e. The van der Waals surface area contributed by atoms with Gasteiger partial charge >= 0.3 is 0 Å². The Labute approximate surface area is 100 Å². The number of ether oxygens (including phenoxy) is 1. The van der Waals surface area contributed by atoms with Crippen LogP contribution in [0.2, 0.25) is 0 Å². The molecule has 0 radical (unpaired) electrons. The third-order valence-corrected chi connectivity index (χ3v) is 3.59. The van der Waals surface area contributed by atoms with E-state index in [2.05, 4.69) is 39.6 Å². The second-order valence-corrected chi connectivity index (χ2v) is 5.75. The van der Waals surface area contributed by atoms with Crippen molar-refractivity contribution >= 4 is 0 Å². The van der Waals surface area contributed by atoms with Gasteiger partial charge in [-0.3, -0.25) is 0 Å². The van der Waals surface area contributed by atoms with Crippen LogP contribution in [0.1, 0.15) is 47.0 Å². The van der Waals surface area contributed by atoms with Crippen molar-refractivity contribution < 1.29 is 4.74 Å². The fourth-order valence-electron chi connectivity index (χ4n) is 2.38. The highest BCUT2D eigenvalue weighted by Gasteiger charge is 2.29. The van der Waals surface area contributed by atoms with Gasteiger partial charge in [0.05, 0.1) is 5.60 Å². The van der Waals surface area contributed by atoms with E-state index in [1.54, 1.807) is 0 Å². The Balaban J connectivity index is 2.38. The first-order valence-corrected chi connectivity index (χ1v) is 6.45. The third-order valence-electron chi connectivity index (χ3n) is 3.59. The number of nitrogens with one attached hydrogen (secondary N) is 1. The van der Waals surface area contributed by atoms with E-state index in [4.69, 9.17) is 4.74 Å². The summed E-state index contributed by atoms with van der Waals surface area (Å²) in [5.74, 6) is 0.656. The van der Waals surface area contributed by atoms with Crippen molar-refractivity contribution in [1.29, 1.82) is 0 Å². The molecular weight excluding hydrogens is 198 g/mol. The Hall–Kier alpha value is -0.340. The molecule has 1 saturated heterocycles. The van der Waals surface area contributed by atoms with E-state index < -0.39 is 0 Å². The molecule has 1 heterocycles. The molecule has 0 aromatic carbocycles. The number of allylic oxidation sites excluding steroid dienone is 1. The third kappa shape index (κ3) is 4.26. The van der Waals surface area contributed by atoms with Gasteiger partial charge in [0.2, 0.25) is 0 Å². The summed E-state index contributed by atoms with van der Waals surface area (Å²) in [6.45, 7) is 13.6. The molecule has 1 N–H and O–H groups in total. The van der Waals surface area contributed by atoms with E-state index in [1.807, 2.05) is 6.08 Å². The average Bonchev–Trinajstić information content (AvgIpc) is 2.16. The van der Waals surface area contributed by atoms with Crippen molar-refractivity contribution in [1.82, 2.24) is 5.32 Å². The zero-order valence-corrected chi connectivity index (χ0v) is 11.3. The van der Waals surface area contributed by atoms with Gasteiger partial charge in [0.15, 0.2) is 0 Å². The minimum Gasteiger partial charge on any atom is -0.375 e. The van der Waals surface area contributed by atoms with E-state index >= 15 is 0 Å². The summed E-state index contributed by atoms with van der Waals surface area (Å²) in [5.41, 5.74) is 0.0390. The van der Waals surface area contributed by atoms with Gasteiger partial charge in [-0.05, 0) is 46.0 Å². The minimum atomic E-state index is 0.0390. The molecule has 0 saturated carbocycles. The lowest BCUT2D eigenvalue weighted by atomic mass is 9.91. The summed E-state index contributed by atoms with van der Waals surface area (Å²) in [4.78, 5) is 0. The van der Waals surface area contributed by atoms with Gasteiger partial charge in [0.25, 0.3) is 0 Å². The van der Waals surface area contributed by atoms with Crippen LogP contribution < -0.4 is 5.32 Å². The van der Waals surface area contributed by atoms with Crippen LogP contribution in [0.4, 0.5) is 0 Å². The Morgan fingerprint density at radius 2 is 2.19 bits per heavy atom. The lowest BCUT2D eigenvalue weighted by molar-refractivity contribution is -0.0645. The largest absolute Gasteiger partial charge is 0.375 e. The van der Waals surface area contributed by atoms with E-state index in [9.17, 15) is 0 Å². The molecule has 1 aliphatic heterocycles. The van der Waals surface area contributed by atoms with Crippen LogP contribution in [0, 0.1) is 5.92 Å². The number of hydrogen-bond donors (Lipinski definition) is 1. The molecule has 1 aliphatic rings. The first-order chi connectivity index (χ1) is 7.44. The monoisotopic (exact) mass is 225 g/mol. The van der Waals surface area contributed by atoms with Gasteiger partial charge in [-0.25, -0.2) is 0 Å². The van der Waals surface area contributed by atoms with E-state index in [-0.39, 0.29) is 5.60 Å². The van der Waals surface area contributed by atoms with Gasteiger partial charge in [-0.1, -0.05) is 13.0 Å². The van der Waals surface area contributed by atoms with Gasteiger partial charge in [0, 0.05) is 18.7 Å². The predicted octanol–water partition coefficient (Wildman–Crippen LogP) is 3.13. The highest BCUT2D eigenvalue weighted by atomic mass is 16.5. The molecule has 2 nitrogen and oxygen atoms in total. The summed E-state index contributed by atoms with van der Waals surface area (Å²) in [5, 5.41) is 3.73. The number of rotatable bonds is 5. The second kappa shape index (κ2) is 5.83. The van der Waals surface area contributed by atoms with Gasteiger partial charge < -0.3 is 10.1 Å². The molecule has 0 amide bonds. The molecule has 16 heavy (non-hydrogen) atoms. The van der Waals surface area contributed by atoms with Crippen molar-refractivity contribution in [3.05, 3.63) is 12.7 Å². The fourth-order valence-corrected chi connectivity index (χ4v) is 2.38. The predicted molar refractivity (Wildman–Crippen MR) is 69.6 cm³/mol. The SMILES string of the molecule is C=CCC(C)C(C)NC1CCOC(C)(C)C1. The molecular formula is C14H27NO. The first kappa shape index (κ1) is 13.7. The molecule has 2 heteroatoms. The quantitative estimate of drug-likeness (QED) is 0.726.